The Morgan fingerprint density at radius 1 is 0.688 bits per heavy atom. The highest BCUT2D eigenvalue weighted by Gasteiger charge is 2.29. The van der Waals surface area contributed by atoms with E-state index in [4.69, 9.17) is 0 Å². The fourth-order valence-corrected chi connectivity index (χ4v) is 8.34. The van der Waals surface area contributed by atoms with Crippen molar-refractivity contribution < 1.29 is 0 Å². The van der Waals surface area contributed by atoms with Gasteiger partial charge >= 0.3 is 0 Å². The molecule has 0 heterocycles. The Kier molecular flexibility index (Phi) is 10.5. The molecule has 0 aliphatic rings. The Bertz CT molecular complexity index is 121. The van der Waals surface area contributed by atoms with Crippen molar-refractivity contribution in [1.29, 1.82) is 0 Å². The summed E-state index contributed by atoms with van der Waals surface area (Å²) in [6.45, 7) is 11.1. The molecule has 16 heavy (non-hydrogen) atoms. The van der Waals surface area contributed by atoms with Crippen LogP contribution in [-0.2, 0) is 0 Å². The molecule has 0 aliphatic carbocycles. The van der Waals surface area contributed by atoms with Crippen LogP contribution < -0.4 is 0 Å². The smallest absolute Gasteiger partial charge is 0.0535 e. The minimum atomic E-state index is -0.921. The van der Waals surface area contributed by atoms with Crippen LogP contribution in [-0.4, -0.2) is 8.07 Å². The van der Waals surface area contributed by atoms with Crippen LogP contribution in [0.15, 0.2) is 0 Å². The van der Waals surface area contributed by atoms with Crippen LogP contribution in [0, 0.1) is 6.92 Å². The molecular formula is C15H33Si. The van der Waals surface area contributed by atoms with Gasteiger partial charge in [0.15, 0.2) is 0 Å². The molecule has 97 valence electrons. The zero-order valence-corrected chi connectivity index (χ0v) is 13.0. The topological polar surface area (TPSA) is 0 Å². The zero-order valence-electron chi connectivity index (χ0n) is 12.0. The first-order chi connectivity index (χ1) is 7.74. The predicted molar refractivity (Wildman–Crippen MR) is 79.7 cm³/mol. The molecule has 0 nitrogen and oxygen atoms in total. The van der Waals surface area contributed by atoms with Gasteiger partial charge in [0.25, 0.3) is 0 Å². The molecule has 0 aromatic heterocycles. The number of unbranched alkanes of at least 4 members (excludes halogenated alkanes) is 3. The van der Waals surface area contributed by atoms with E-state index in [0.717, 1.165) is 0 Å². The van der Waals surface area contributed by atoms with Crippen molar-refractivity contribution in [3.63, 3.8) is 0 Å². The normalized spacial score (nSPS) is 12.0. The van der Waals surface area contributed by atoms with Gasteiger partial charge in [-0.1, -0.05) is 96.8 Å². The Labute approximate surface area is 105 Å². The van der Waals surface area contributed by atoms with Crippen molar-refractivity contribution in [3.8, 4) is 0 Å². The second kappa shape index (κ2) is 10.4. The Hall–Kier alpha value is 0.217. The fourth-order valence-electron chi connectivity index (χ4n) is 2.78. The van der Waals surface area contributed by atoms with Gasteiger partial charge in [-0.2, -0.15) is 0 Å². The third-order valence-corrected chi connectivity index (χ3v) is 9.55. The average molecular weight is 242 g/mol. The second-order valence-corrected chi connectivity index (χ2v) is 10.4. The van der Waals surface area contributed by atoms with Crippen LogP contribution in [0.3, 0.4) is 0 Å². The van der Waals surface area contributed by atoms with E-state index in [1.165, 1.54) is 51.0 Å². The Balaban J connectivity index is 4.32. The zero-order chi connectivity index (χ0) is 12.3. The molecule has 0 atom stereocenters. The van der Waals surface area contributed by atoms with Crippen molar-refractivity contribution in [1.82, 2.24) is 0 Å². The highest BCUT2D eigenvalue weighted by atomic mass is 28.3. The van der Waals surface area contributed by atoms with E-state index in [1.807, 2.05) is 0 Å². The van der Waals surface area contributed by atoms with E-state index in [2.05, 4.69) is 27.7 Å². The molecular weight excluding hydrogens is 208 g/mol. The summed E-state index contributed by atoms with van der Waals surface area (Å²) in [5, 5.41) is 0. The summed E-state index contributed by atoms with van der Waals surface area (Å²) in [4.78, 5) is 0. The summed E-state index contributed by atoms with van der Waals surface area (Å²) in [6, 6.07) is 6.24. The predicted octanol–water partition coefficient (Wildman–Crippen LogP) is 6.06. The van der Waals surface area contributed by atoms with E-state index in [9.17, 15) is 0 Å². The molecule has 0 fully saturated rings. The minimum absolute atomic E-state index is 0.921. The van der Waals surface area contributed by atoms with Gasteiger partial charge in [0.1, 0.15) is 0 Å². The van der Waals surface area contributed by atoms with Crippen molar-refractivity contribution in [2.75, 3.05) is 0 Å². The third kappa shape index (κ3) is 6.73. The summed E-state index contributed by atoms with van der Waals surface area (Å²) in [7, 11) is -0.921. The summed E-state index contributed by atoms with van der Waals surface area (Å²) in [5.41, 5.74) is 0. The number of rotatable bonds is 11. The lowest BCUT2D eigenvalue weighted by Crippen LogP contribution is -2.33. The van der Waals surface area contributed by atoms with Gasteiger partial charge in [0.05, 0.1) is 8.07 Å². The van der Waals surface area contributed by atoms with Gasteiger partial charge in [-0.05, 0) is 0 Å². The van der Waals surface area contributed by atoms with Gasteiger partial charge in [-0.25, -0.2) is 0 Å². The lowest BCUT2D eigenvalue weighted by molar-refractivity contribution is 0.782. The van der Waals surface area contributed by atoms with E-state index in [-0.39, 0.29) is 0 Å². The molecule has 0 spiro atoms. The maximum absolute atomic E-state index is 4.13. The highest BCUT2D eigenvalue weighted by molar-refractivity contribution is 6.79. The van der Waals surface area contributed by atoms with Crippen LogP contribution in [0.5, 0.6) is 0 Å². The van der Waals surface area contributed by atoms with Gasteiger partial charge in [-0.15, -0.1) is 0 Å². The summed E-state index contributed by atoms with van der Waals surface area (Å²) >= 11 is 0. The Morgan fingerprint density at radius 2 is 1.06 bits per heavy atom. The van der Waals surface area contributed by atoms with Crippen molar-refractivity contribution in [2.24, 2.45) is 0 Å². The maximum Gasteiger partial charge on any atom is 0.0535 e. The number of hydrogen-bond donors (Lipinski definition) is 0. The summed E-state index contributed by atoms with van der Waals surface area (Å²) in [5.74, 6) is 0. The molecule has 1 radical (unpaired) electrons. The first-order valence-corrected chi connectivity index (χ1v) is 10.4. The van der Waals surface area contributed by atoms with Crippen LogP contribution in [0.4, 0.5) is 0 Å². The second-order valence-electron chi connectivity index (χ2n) is 5.41. The first-order valence-electron chi connectivity index (χ1n) is 7.54. The van der Waals surface area contributed by atoms with Crippen LogP contribution >= 0.6 is 0 Å². The van der Waals surface area contributed by atoms with Crippen LogP contribution in [0.25, 0.3) is 0 Å². The van der Waals surface area contributed by atoms with E-state index >= 15 is 0 Å². The largest absolute Gasteiger partial charge is 0.0654 e. The lowest BCUT2D eigenvalue weighted by Gasteiger charge is -2.32. The molecule has 0 unspecified atom stereocenters. The number of hydrogen-bond acceptors (Lipinski definition) is 0. The molecule has 0 aliphatic heterocycles. The molecule has 0 aromatic carbocycles. The monoisotopic (exact) mass is 241 g/mol. The molecule has 0 aromatic rings. The van der Waals surface area contributed by atoms with Crippen LogP contribution in [0.2, 0.25) is 24.2 Å². The van der Waals surface area contributed by atoms with E-state index in [1.54, 1.807) is 18.1 Å². The summed E-state index contributed by atoms with van der Waals surface area (Å²) < 4.78 is 0. The molecule has 0 saturated carbocycles. The average Bonchev–Trinajstić information content (AvgIpc) is 2.31. The quantitative estimate of drug-likeness (QED) is 0.386. The van der Waals surface area contributed by atoms with E-state index in [0.29, 0.717) is 0 Å². The highest BCUT2D eigenvalue weighted by Crippen LogP contribution is 2.32. The van der Waals surface area contributed by atoms with Crippen molar-refractivity contribution in [3.05, 3.63) is 6.92 Å². The molecule has 0 amide bonds. The molecule has 0 N–H and O–H groups in total. The molecule has 0 rings (SSSR count). The molecule has 1 heteroatoms. The SMILES string of the molecule is [CH2]CC[Si](CCCC)(CCCC)CCCC. The molecule has 0 saturated heterocycles. The van der Waals surface area contributed by atoms with Gasteiger partial charge in [0, 0.05) is 0 Å². The van der Waals surface area contributed by atoms with Crippen molar-refractivity contribution in [2.45, 2.75) is 89.9 Å². The fraction of sp³-hybridized carbons (Fsp3) is 0.933. The summed E-state index contributed by atoms with van der Waals surface area (Å²) in [6.07, 6.45) is 9.74. The van der Waals surface area contributed by atoms with Gasteiger partial charge < -0.3 is 0 Å². The minimum Gasteiger partial charge on any atom is -0.0654 e. The standard InChI is InChI=1S/C15H33Si/c1-5-9-13-16(12-8-4,14-10-6-2)15-11-7-3/h4-15H2,1-3H3. The Morgan fingerprint density at radius 3 is 1.31 bits per heavy atom. The maximum atomic E-state index is 4.13. The van der Waals surface area contributed by atoms with Crippen LogP contribution in [0.1, 0.15) is 65.7 Å². The third-order valence-electron chi connectivity index (χ3n) is 3.89. The van der Waals surface area contributed by atoms with Gasteiger partial charge in [-0.3, -0.25) is 0 Å². The lowest BCUT2D eigenvalue weighted by atomic mass is 10.4. The van der Waals surface area contributed by atoms with E-state index < -0.39 is 8.07 Å². The first kappa shape index (κ1) is 16.2. The van der Waals surface area contributed by atoms with Gasteiger partial charge in [0.2, 0.25) is 0 Å². The molecule has 0 bridgehead atoms. The van der Waals surface area contributed by atoms with Crippen molar-refractivity contribution >= 4 is 8.07 Å².